The molecule has 23 heavy (non-hydrogen) atoms. The lowest BCUT2D eigenvalue weighted by atomic mass is 10.3. The smallest absolute Gasteiger partial charge is 0.261 e. The Balaban J connectivity index is 2.19. The fraction of sp³-hybridized carbons (Fsp3) is 0.250. The first-order valence-electron chi connectivity index (χ1n) is 7.14. The Labute approximate surface area is 141 Å². The number of halogens is 1. The van der Waals surface area contributed by atoms with E-state index in [0.29, 0.717) is 30.4 Å². The van der Waals surface area contributed by atoms with Crippen LogP contribution in [0.3, 0.4) is 0 Å². The molecule has 0 saturated heterocycles. The zero-order valence-corrected chi connectivity index (χ0v) is 14.4. The van der Waals surface area contributed by atoms with Crippen LogP contribution in [0.25, 0.3) is 0 Å². The van der Waals surface area contributed by atoms with E-state index in [-0.39, 0.29) is 9.92 Å². The molecule has 7 heteroatoms. The third kappa shape index (κ3) is 4.53. The van der Waals surface area contributed by atoms with Gasteiger partial charge in [0.25, 0.3) is 10.0 Å². The summed E-state index contributed by atoms with van der Waals surface area (Å²) in [5.74, 6) is 1.13. The quantitative estimate of drug-likeness (QED) is 0.817. The van der Waals surface area contributed by atoms with Crippen molar-refractivity contribution in [3.63, 3.8) is 0 Å². The summed E-state index contributed by atoms with van der Waals surface area (Å²) in [6.07, 6.45) is 0. The molecule has 0 bridgehead atoms. The van der Waals surface area contributed by atoms with Crippen LogP contribution in [0, 0.1) is 0 Å². The second-order valence-corrected chi connectivity index (χ2v) is 6.68. The molecule has 124 valence electrons. The standard InChI is InChI=1S/C16H18ClNO4S/c1-3-21-13-7-5-12(6-8-13)18-23(19,20)14-9-10-16(22-4-2)15(17)11-14/h5-11,18H,3-4H2,1-2H3. The van der Waals surface area contributed by atoms with Crippen LogP contribution in [0.2, 0.25) is 5.02 Å². The second kappa shape index (κ2) is 7.57. The summed E-state index contributed by atoms with van der Waals surface area (Å²) in [5.41, 5.74) is 0.443. The molecule has 0 heterocycles. The second-order valence-electron chi connectivity index (χ2n) is 4.59. The molecule has 0 radical (unpaired) electrons. The molecule has 0 unspecified atom stereocenters. The van der Waals surface area contributed by atoms with E-state index in [1.807, 2.05) is 13.8 Å². The minimum Gasteiger partial charge on any atom is -0.494 e. The summed E-state index contributed by atoms with van der Waals surface area (Å²) in [7, 11) is -3.72. The molecular formula is C16H18ClNO4S. The Morgan fingerprint density at radius 3 is 2.22 bits per heavy atom. The molecule has 0 fully saturated rings. The number of hydrogen-bond donors (Lipinski definition) is 1. The molecule has 0 amide bonds. The van der Waals surface area contributed by atoms with Crippen molar-refractivity contribution in [2.45, 2.75) is 18.7 Å². The van der Waals surface area contributed by atoms with Gasteiger partial charge in [0.1, 0.15) is 11.5 Å². The average molecular weight is 356 g/mol. The molecule has 2 rings (SSSR count). The maximum Gasteiger partial charge on any atom is 0.261 e. The van der Waals surface area contributed by atoms with Gasteiger partial charge in [-0.25, -0.2) is 8.42 Å². The van der Waals surface area contributed by atoms with Crippen LogP contribution in [-0.4, -0.2) is 21.6 Å². The Hall–Kier alpha value is -1.92. The van der Waals surface area contributed by atoms with Crippen molar-refractivity contribution < 1.29 is 17.9 Å². The minimum atomic E-state index is -3.72. The van der Waals surface area contributed by atoms with Gasteiger partial charge in [-0.1, -0.05) is 11.6 Å². The molecule has 0 atom stereocenters. The first kappa shape index (κ1) is 17.4. The summed E-state index contributed by atoms with van der Waals surface area (Å²) in [4.78, 5) is 0.0693. The van der Waals surface area contributed by atoms with E-state index < -0.39 is 10.0 Å². The van der Waals surface area contributed by atoms with Crippen LogP contribution < -0.4 is 14.2 Å². The molecule has 0 aliphatic rings. The van der Waals surface area contributed by atoms with Gasteiger partial charge in [-0.2, -0.15) is 0 Å². The van der Waals surface area contributed by atoms with Gasteiger partial charge in [0.05, 0.1) is 23.1 Å². The highest BCUT2D eigenvalue weighted by Crippen LogP contribution is 2.28. The van der Waals surface area contributed by atoms with Gasteiger partial charge in [0, 0.05) is 5.69 Å². The first-order chi connectivity index (χ1) is 11.0. The van der Waals surface area contributed by atoms with Crippen LogP contribution in [0.15, 0.2) is 47.4 Å². The van der Waals surface area contributed by atoms with E-state index in [9.17, 15) is 8.42 Å². The van der Waals surface area contributed by atoms with Crippen molar-refractivity contribution in [1.29, 1.82) is 0 Å². The SMILES string of the molecule is CCOc1ccc(NS(=O)(=O)c2ccc(OCC)c(Cl)c2)cc1. The number of sulfonamides is 1. The predicted molar refractivity (Wildman–Crippen MR) is 91.0 cm³/mol. The molecule has 5 nitrogen and oxygen atoms in total. The molecule has 2 aromatic carbocycles. The largest absolute Gasteiger partial charge is 0.494 e. The monoisotopic (exact) mass is 355 g/mol. The number of rotatable bonds is 7. The van der Waals surface area contributed by atoms with Gasteiger partial charge in [-0.15, -0.1) is 0 Å². The summed E-state index contributed by atoms with van der Waals surface area (Å²) < 4.78 is 37.9. The van der Waals surface area contributed by atoms with Crippen molar-refractivity contribution >= 4 is 27.3 Å². The van der Waals surface area contributed by atoms with Gasteiger partial charge in [-0.05, 0) is 56.3 Å². The van der Waals surface area contributed by atoms with Crippen LogP contribution in [0.1, 0.15) is 13.8 Å². The van der Waals surface area contributed by atoms with E-state index in [1.54, 1.807) is 30.3 Å². The Kier molecular flexibility index (Phi) is 5.74. The van der Waals surface area contributed by atoms with Gasteiger partial charge in [0.2, 0.25) is 0 Å². The highest BCUT2D eigenvalue weighted by Gasteiger charge is 2.16. The summed E-state index contributed by atoms with van der Waals surface area (Å²) >= 11 is 6.04. The normalized spacial score (nSPS) is 11.1. The summed E-state index contributed by atoms with van der Waals surface area (Å²) in [6, 6.07) is 11.0. The molecule has 0 aromatic heterocycles. The number of hydrogen-bond acceptors (Lipinski definition) is 4. The number of ether oxygens (including phenoxy) is 2. The lowest BCUT2D eigenvalue weighted by Crippen LogP contribution is -2.13. The lowest BCUT2D eigenvalue weighted by molar-refractivity contribution is 0.340. The van der Waals surface area contributed by atoms with Crippen LogP contribution in [0.4, 0.5) is 5.69 Å². The third-order valence-corrected chi connectivity index (χ3v) is 4.61. The Morgan fingerprint density at radius 1 is 1.00 bits per heavy atom. The molecular weight excluding hydrogens is 338 g/mol. The fourth-order valence-electron chi connectivity index (χ4n) is 1.92. The Bertz CT molecular complexity index is 760. The molecule has 1 N–H and O–H groups in total. The highest BCUT2D eigenvalue weighted by atomic mass is 35.5. The van der Waals surface area contributed by atoms with Gasteiger partial charge in [0.15, 0.2) is 0 Å². The van der Waals surface area contributed by atoms with E-state index >= 15 is 0 Å². The Morgan fingerprint density at radius 2 is 1.65 bits per heavy atom. The van der Waals surface area contributed by atoms with E-state index in [2.05, 4.69) is 4.72 Å². The lowest BCUT2D eigenvalue weighted by Gasteiger charge is -2.11. The van der Waals surface area contributed by atoms with Gasteiger partial charge in [-0.3, -0.25) is 4.72 Å². The predicted octanol–water partition coefficient (Wildman–Crippen LogP) is 3.94. The van der Waals surface area contributed by atoms with E-state index in [0.717, 1.165) is 0 Å². The van der Waals surface area contributed by atoms with Crippen LogP contribution in [0.5, 0.6) is 11.5 Å². The van der Waals surface area contributed by atoms with Gasteiger partial charge < -0.3 is 9.47 Å². The van der Waals surface area contributed by atoms with E-state index in [4.69, 9.17) is 21.1 Å². The zero-order chi connectivity index (χ0) is 16.9. The maximum absolute atomic E-state index is 12.4. The zero-order valence-electron chi connectivity index (χ0n) is 12.9. The molecule has 0 saturated carbocycles. The van der Waals surface area contributed by atoms with Crippen molar-refractivity contribution in [2.75, 3.05) is 17.9 Å². The number of benzene rings is 2. The maximum atomic E-state index is 12.4. The van der Waals surface area contributed by atoms with Crippen molar-refractivity contribution in [3.8, 4) is 11.5 Å². The fourth-order valence-corrected chi connectivity index (χ4v) is 3.31. The molecule has 0 aliphatic heterocycles. The van der Waals surface area contributed by atoms with Crippen molar-refractivity contribution in [3.05, 3.63) is 47.5 Å². The third-order valence-electron chi connectivity index (χ3n) is 2.93. The van der Waals surface area contributed by atoms with Gasteiger partial charge >= 0.3 is 0 Å². The molecule has 0 aliphatic carbocycles. The average Bonchev–Trinajstić information content (AvgIpc) is 2.51. The van der Waals surface area contributed by atoms with Crippen LogP contribution >= 0.6 is 11.6 Å². The topological polar surface area (TPSA) is 64.6 Å². The molecule has 0 spiro atoms. The highest BCUT2D eigenvalue weighted by molar-refractivity contribution is 7.92. The number of anilines is 1. The summed E-state index contributed by atoms with van der Waals surface area (Å²) in [5, 5.41) is 0.251. The first-order valence-corrected chi connectivity index (χ1v) is 9.00. The van der Waals surface area contributed by atoms with E-state index in [1.165, 1.54) is 12.1 Å². The van der Waals surface area contributed by atoms with Crippen LogP contribution in [-0.2, 0) is 10.0 Å². The molecule has 2 aromatic rings. The summed E-state index contributed by atoms with van der Waals surface area (Å²) in [6.45, 7) is 4.72. The minimum absolute atomic E-state index is 0.0693. The van der Waals surface area contributed by atoms with Crippen molar-refractivity contribution in [1.82, 2.24) is 0 Å². The number of nitrogens with one attached hydrogen (secondary N) is 1. The van der Waals surface area contributed by atoms with Crippen molar-refractivity contribution in [2.24, 2.45) is 0 Å².